The summed E-state index contributed by atoms with van der Waals surface area (Å²) in [6.07, 6.45) is 12.0. The molecule has 184 valence electrons. The minimum absolute atomic E-state index is 0.0816. The molecule has 6 rings (SSSR count). The lowest BCUT2D eigenvalue weighted by Gasteiger charge is -2.63. The molecule has 0 saturated heterocycles. The Morgan fingerprint density at radius 2 is 2.06 bits per heavy atom. The normalized spacial score (nSPS) is 48.7. The third kappa shape index (κ3) is 3.19. The van der Waals surface area contributed by atoms with Crippen LogP contribution in [0.3, 0.4) is 0 Å². The summed E-state index contributed by atoms with van der Waals surface area (Å²) in [4.78, 5) is 13.6. The second-order valence-electron chi connectivity index (χ2n) is 13.0. The van der Waals surface area contributed by atoms with E-state index in [0.29, 0.717) is 46.9 Å². The van der Waals surface area contributed by atoms with Crippen molar-refractivity contribution in [2.45, 2.75) is 77.4 Å². The average molecular weight is 466 g/mol. The molecule has 1 heterocycles. The van der Waals surface area contributed by atoms with Gasteiger partial charge in [0.1, 0.15) is 6.07 Å². The Labute approximate surface area is 203 Å². The van der Waals surface area contributed by atoms with Gasteiger partial charge in [0.05, 0.1) is 30.5 Å². The largest absolute Gasteiger partial charge is 0.390 e. The van der Waals surface area contributed by atoms with E-state index in [9.17, 15) is 9.90 Å². The molecule has 5 fully saturated rings. The lowest BCUT2D eigenvalue weighted by atomic mass is 9.43. The Balaban J connectivity index is 1.27. The Morgan fingerprint density at radius 3 is 2.79 bits per heavy atom. The van der Waals surface area contributed by atoms with Gasteiger partial charge in [0.15, 0.2) is 5.78 Å². The molecule has 0 bridgehead atoms. The number of nitriles is 1. The maximum atomic E-state index is 13.6. The monoisotopic (exact) mass is 465 g/mol. The number of fused-ring (bicyclic) bond motifs is 7. The van der Waals surface area contributed by atoms with E-state index in [2.05, 4.69) is 18.1 Å². The van der Waals surface area contributed by atoms with Gasteiger partial charge in [0.2, 0.25) is 0 Å². The van der Waals surface area contributed by atoms with Crippen LogP contribution < -0.4 is 0 Å². The van der Waals surface area contributed by atoms with Crippen molar-refractivity contribution >= 4 is 5.78 Å². The SMILES string of the molecule is COC[C@]12CC[C@@](C)(O)C[C@H]1CC[C@@H]1[C@@H]2CC[C@]2(C)C(C(=O)Cn3cc(C#N)cn3)C3CC3[C@@H]12. The molecule has 1 aromatic heterocycles. The van der Waals surface area contributed by atoms with Crippen molar-refractivity contribution in [3.05, 3.63) is 18.0 Å². The van der Waals surface area contributed by atoms with Crippen molar-refractivity contribution in [2.75, 3.05) is 13.7 Å². The van der Waals surface area contributed by atoms with Crippen LogP contribution >= 0.6 is 0 Å². The zero-order valence-corrected chi connectivity index (χ0v) is 20.9. The molecule has 5 aliphatic carbocycles. The number of aromatic nitrogens is 2. The third-order valence-corrected chi connectivity index (χ3v) is 11.3. The van der Waals surface area contributed by atoms with Crippen LogP contribution in [-0.2, 0) is 16.1 Å². The van der Waals surface area contributed by atoms with Gasteiger partial charge in [-0.3, -0.25) is 9.48 Å². The van der Waals surface area contributed by atoms with Crippen molar-refractivity contribution in [3.8, 4) is 6.07 Å². The number of ketones is 1. The van der Waals surface area contributed by atoms with Gasteiger partial charge in [-0.2, -0.15) is 10.4 Å². The fourth-order valence-corrected chi connectivity index (χ4v) is 10.1. The maximum Gasteiger partial charge on any atom is 0.158 e. The number of aliphatic hydroxyl groups is 1. The second kappa shape index (κ2) is 7.64. The molecule has 0 aromatic carbocycles. The summed E-state index contributed by atoms with van der Waals surface area (Å²) in [5.41, 5.74) is 0.247. The molecule has 6 heteroatoms. The average Bonchev–Trinajstić information content (AvgIpc) is 3.30. The number of Topliss-reactive ketones (excluding diaryl/α,β-unsaturated/α-hetero) is 1. The van der Waals surface area contributed by atoms with Crippen molar-refractivity contribution in [3.63, 3.8) is 0 Å². The van der Waals surface area contributed by atoms with Crippen LogP contribution in [0, 0.1) is 63.6 Å². The molecular weight excluding hydrogens is 426 g/mol. The number of methoxy groups -OCH3 is 1. The molecular formula is C28H39N3O3. The van der Waals surface area contributed by atoms with Crippen LogP contribution in [0.15, 0.2) is 12.4 Å². The Morgan fingerprint density at radius 1 is 1.24 bits per heavy atom. The highest BCUT2D eigenvalue weighted by Gasteiger charge is 2.72. The lowest BCUT2D eigenvalue weighted by molar-refractivity contribution is -0.179. The molecule has 34 heavy (non-hydrogen) atoms. The highest BCUT2D eigenvalue weighted by atomic mass is 16.5. The van der Waals surface area contributed by atoms with Crippen LogP contribution in [0.25, 0.3) is 0 Å². The van der Waals surface area contributed by atoms with E-state index in [4.69, 9.17) is 10.00 Å². The summed E-state index contributed by atoms with van der Waals surface area (Å²) < 4.78 is 7.56. The summed E-state index contributed by atoms with van der Waals surface area (Å²) in [6, 6.07) is 2.11. The van der Waals surface area contributed by atoms with Crippen LogP contribution in [0.4, 0.5) is 0 Å². The smallest absolute Gasteiger partial charge is 0.158 e. The molecule has 1 aromatic rings. The first-order valence-corrected chi connectivity index (χ1v) is 13.4. The fourth-order valence-electron chi connectivity index (χ4n) is 10.1. The van der Waals surface area contributed by atoms with Gasteiger partial charge in [-0.25, -0.2) is 0 Å². The van der Waals surface area contributed by atoms with E-state index in [1.165, 1.54) is 25.7 Å². The van der Waals surface area contributed by atoms with Gasteiger partial charge in [0.25, 0.3) is 0 Å². The number of nitrogens with zero attached hydrogens (tertiary/aromatic N) is 3. The quantitative estimate of drug-likeness (QED) is 0.704. The summed E-state index contributed by atoms with van der Waals surface area (Å²) in [5, 5.41) is 24.2. The minimum Gasteiger partial charge on any atom is -0.390 e. The summed E-state index contributed by atoms with van der Waals surface area (Å²) >= 11 is 0. The lowest BCUT2D eigenvalue weighted by Crippen LogP contribution is -2.59. The Hall–Kier alpha value is -1.71. The van der Waals surface area contributed by atoms with Crippen molar-refractivity contribution in [1.29, 1.82) is 5.26 Å². The number of ether oxygens (including phenoxy) is 1. The first-order valence-electron chi connectivity index (χ1n) is 13.4. The molecule has 0 aliphatic heterocycles. The van der Waals surface area contributed by atoms with Gasteiger partial charge in [-0.05, 0) is 105 Å². The molecule has 10 atom stereocenters. The summed E-state index contributed by atoms with van der Waals surface area (Å²) in [6.45, 7) is 5.55. The van der Waals surface area contributed by atoms with Gasteiger partial charge in [-0.1, -0.05) is 6.92 Å². The Kier molecular flexibility index (Phi) is 5.11. The summed E-state index contributed by atoms with van der Waals surface area (Å²) in [5.74, 6) is 4.19. The van der Waals surface area contributed by atoms with Crippen molar-refractivity contribution < 1.29 is 14.6 Å². The predicted molar refractivity (Wildman–Crippen MR) is 126 cm³/mol. The molecule has 3 unspecified atom stereocenters. The number of rotatable bonds is 5. The molecule has 0 radical (unpaired) electrons. The van der Waals surface area contributed by atoms with Gasteiger partial charge >= 0.3 is 0 Å². The van der Waals surface area contributed by atoms with Crippen LogP contribution in [-0.4, -0.2) is 40.0 Å². The fraction of sp³-hybridized carbons (Fsp3) is 0.821. The summed E-state index contributed by atoms with van der Waals surface area (Å²) in [7, 11) is 1.85. The molecule has 5 saturated carbocycles. The zero-order chi connectivity index (χ0) is 23.9. The van der Waals surface area contributed by atoms with E-state index in [1.54, 1.807) is 17.1 Å². The topological polar surface area (TPSA) is 88.1 Å². The highest BCUT2D eigenvalue weighted by Crippen LogP contribution is 2.76. The van der Waals surface area contributed by atoms with E-state index in [1.807, 2.05) is 14.0 Å². The molecule has 6 nitrogen and oxygen atoms in total. The van der Waals surface area contributed by atoms with E-state index < -0.39 is 5.60 Å². The van der Waals surface area contributed by atoms with Gasteiger partial charge in [0, 0.05) is 19.2 Å². The van der Waals surface area contributed by atoms with Crippen LogP contribution in [0.5, 0.6) is 0 Å². The molecule has 0 spiro atoms. The third-order valence-electron chi connectivity index (χ3n) is 11.3. The van der Waals surface area contributed by atoms with Crippen LogP contribution in [0.2, 0.25) is 0 Å². The van der Waals surface area contributed by atoms with Crippen molar-refractivity contribution in [2.24, 2.45) is 52.3 Å². The van der Waals surface area contributed by atoms with Gasteiger partial charge in [-0.15, -0.1) is 0 Å². The van der Waals surface area contributed by atoms with Gasteiger partial charge < -0.3 is 9.84 Å². The second-order valence-corrected chi connectivity index (χ2v) is 13.0. The predicted octanol–water partition coefficient (Wildman–Crippen LogP) is 4.22. The molecule has 0 amide bonds. The number of carbonyl (C=O) groups is 1. The van der Waals surface area contributed by atoms with E-state index in [-0.39, 0.29) is 23.3 Å². The number of hydrogen-bond donors (Lipinski definition) is 1. The van der Waals surface area contributed by atoms with E-state index in [0.717, 1.165) is 32.3 Å². The Bertz CT molecular complexity index is 1030. The standard InChI is InChI=1S/C28H39N3O3/c1-26(33)8-9-28(16-34-3)18(11-26)4-5-19-22(28)6-7-27(2)24(19)20-10-21(20)25(27)23(32)15-31-14-17(12-29)13-30-31/h13-14,18-22,24-25,33H,4-11,15-16H2,1-3H3/t18-,19-,20?,21?,22+,24-,25?,26-,27+,28-/m1/s1. The van der Waals surface area contributed by atoms with E-state index >= 15 is 0 Å². The molecule has 1 N–H and O–H groups in total. The zero-order valence-electron chi connectivity index (χ0n) is 20.9. The number of carbonyl (C=O) groups excluding carboxylic acids is 1. The van der Waals surface area contributed by atoms with Crippen molar-refractivity contribution in [1.82, 2.24) is 9.78 Å². The maximum absolute atomic E-state index is 13.6. The molecule has 5 aliphatic rings. The van der Waals surface area contributed by atoms with Crippen LogP contribution in [0.1, 0.15) is 70.8 Å². The minimum atomic E-state index is -0.539. The first-order chi connectivity index (χ1) is 16.2. The first kappa shape index (κ1) is 22.7. The number of hydrogen-bond acceptors (Lipinski definition) is 5. The highest BCUT2D eigenvalue weighted by molar-refractivity contribution is 5.83.